The molecule has 4 nitrogen and oxygen atoms in total. The maximum absolute atomic E-state index is 13.8. The average molecular weight is 474 g/mol. The summed E-state index contributed by atoms with van der Waals surface area (Å²) in [4.78, 5) is 15.1. The zero-order valence-electron chi connectivity index (χ0n) is 17.6. The molecule has 0 atom stereocenters. The van der Waals surface area contributed by atoms with Gasteiger partial charge in [-0.15, -0.1) is 0 Å². The predicted octanol–water partition coefficient (Wildman–Crippen LogP) is 5.42. The summed E-state index contributed by atoms with van der Waals surface area (Å²) in [5.74, 6) is -3.14. The summed E-state index contributed by atoms with van der Waals surface area (Å²) in [6.45, 7) is -0.0559. The fourth-order valence-electron chi connectivity index (χ4n) is 3.90. The highest BCUT2D eigenvalue weighted by Crippen LogP contribution is 2.44. The number of pyridine rings is 1. The van der Waals surface area contributed by atoms with Gasteiger partial charge in [-0.05, 0) is 71.9 Å². The molecule has 0 saturated heterocycles. The van der Waals surface area contributed by atoms with Crippen LogP contribution in [0.25, 0.3) is 11.1 Å². The number of aromatic carboxylic acids is 1. The van der Waals surface area contributed by atoms with Gasteiger partial charge in [-0.1, -0.05) is 18.2 Å². The second kappa shape index (κ2) is 9.24. The first-order valence-electron chi connectivity index (χ1n) is 10.3. The van der Waals surface area contributed by atoms with E-state index in [1.165, 1.54) is 30.3 Å². The standard InChI is InChI=1S/C25H18F5NO3/c26-17-7-4-14(5-8-17)13-34-23-20(11-16(12-31-23)25(28,29)30)19-3-1-2-18(19)15-6-9-22(27)21(10-15)24(32)33/h4-12H,1-3,13H2,(H,32,33)/p-1. The number of benzene rings is 2. The van der Waals surface area contributed by atoms with Crippen molar-refractivity contribution >= 4 is 17.1 Å². The number of hydrogen-bond donors (Lipinski definition) is 0. The van der Waals surface area contributed by atoms with Gasteiger partial charge in [0.1, 0.15) is 18.2 Å². The number of halogens is 5. The van der Waals surface area contributed by atoms with Crippen LogP contribution in [0, 0.1) is 11.6 Å². The molecule has 4 rings (SSSR count). The van der Waals surface area contributed by atoms with Crippen molar-refractivity contribution in [2.45, 2.75) is 32.0 Å². The zero-order chi connectivity index (χ0) is 24.5. The second-order valence-corrected chi connectivity index (χ2v) is 7.78. The van der Waals surface area contributed by atoms with Gasteiger partial charge in [-0.3, -0.25) is 0 Å². The third-order valence-corrected chi connectivity index (χ3v) is 5.54. The molecule has 0 unspecified atom stereocenters. The number of alkyl halides is 3. The molecule has 1 aromatic heterocycles. The Bertz CT molecular complexity index is 1270. The van der Waals surface area contributed by atoms with Gasteiger partial charge < -0.3 is 14.6 Å². The molecular weight excluding hydrogens is 457 g/mol. The lowest BCUT2D eigenvalue weighted by molar-refractivity contribution is -0.255. The van der Waals surface area contributed by atoms with E-state index in [1.807, 2.05) is 0 Å². The monoisotopic (exact) mass is 474 g/mol. The summed E-state index contributed by atoms with van der Waals surface area (Å²) in [6, 6.07) is 9.87. The molecule has 0 bridgehead atoms. The molecule has 0 radical (unpaired) electrons. The third kappa shape index (κ3) is 4.93. The van der Waals surface area contributed by atoms with Crippen molar-refractivity contribution in [3.05, 3.63) is 94.2 Å². The Morgan fingerprint density at radius 2 is 1.71 bits per heavy atom. The number of carboxylic acid groups (broad SMARTS) is 1. The molecule has 1 aliphatic carbocycles. The van der Waals surface area contributed by atoms with E-state index in [1.54, 1.807) is 0 Å². The molecule has 1 heterocycles. The Balaban J connectivity index is 1.79. The van der Waals surface area contributed by atoms with Crippen LogP contribution in [0.3, 0.4) is 0 Å². The summed E-state index contributed by atoms with van der Waals surface area (Å²) >= 11 is 0. The molecule has 1 aliphatic rings. The van der Waals surface area contributed by atoms with E-state index >= 15 is 0 Å². The van der Waals surface area contributed by atoms with Crippen LogP contribution in [-0.2, 0) is 12.8 Å². The normalized spacial score (nSPS) is 13.9. The fraction of sp³-hybridized carbons (Fsp3) is 0.200. The molecule has 0 saturated carbocycles. The van der Waals surface area contributed by atoms with Gasteiger partial charge in [0, 0.05) is 17.3 Å². The van der Waals surface area contributed by atoms with Crippen molar-refractivity contribution in [2.24, 2.45) is 0 Å². The molecule has 0 spiro atoms. The van der Waals surface area contributed by atoms with Crippen LogP contribution in [-0.4, -0.2) is 11.0 Å². The molecule has 0 N–H and O–H groups in total. The number of carboxylic acids is 1. The summed E-state index contributed by atoms with van der Waals surface area (Å²) < 4.78 is 73.0. The average Bonchev–Trinajstić information content (AvgIpc) is 3.28. The van der Waals surface area contributed by atoms with E-state index in [-0.39, 0.29) is 18.1 Å². The second-order valence-electron chi connectivity index (χ2n) is 7.78. The molecule has 3 aromatic rings. The Kier molecular flexibility index (Phi) is 6.37. The Hall–Kier alpha value is -3.75. The Labute approximate surface area is 191 Å². The number of nitrogens with zero attached hydrogens (tertiary/aromatic N) is 1. The van der Waals surface area contributed by atoms with Gasteiger partial charge in [0.2, 0.25) is 5.88 Å². The first-order chi connectivity index (χ1) is 16.1. The largest absolute Gasteiger partial charge is 0.545 e. The van der Waals surface area contributed by atoms with E-state index in [9.17, 15) is 31.9 Å². The van der Waals surface area contributed by atoms with E-state index < -0.39 is 34.9 Å². The molecule has 9 heteroatoms. The van der Waals surface area contributed by atoms with Crippen molar-refractivity contribution in [3.63, 3.8) is 0 Å². The highest BCUT2D eigenvalue weighted by molar-refractivity contribution is 5.96. The van der Waals surface area contributed by atoms with Crippen molar-refractivity contribution in [1.82, 2.24) is 4.98 Å². The maximum Gasteiger partial charge on any atom is 0.417 e. The van der Waals surface area contributed by atoms with Crippen LogP contribution < -0.4 is 9.84 Å². The van der Waals surface area contributed by atoms with Gasteiger partial charge in [-0.25, -0.2) is 13.8 Å². The highest BCUT2D eigenvalue weighted by atomic mass is 19.4. The SMILES string of the molecule is O=C([O-])c1cc(C2=C(c3cc(C(F)(F)F)cnc3OCc3ccc(F)cc3)CCC2)ccc1F. The summed E-state index contributed by atoms with van der Waals surface area (Å²) in [5, 5.41) is 11.2. The minimum Gasteiger partial charge on any atom is -0.545 e. The lowest BCUT2D eigenvalue weighted by Crippen LogP contribution is -2.23. The number of allylic oxidation sites excluding steroid dienone is 2. The van der Waals surface area contributed by atoms with Crippen molar-refractivity contribution in [3.8, 4) is 5.88 Å². The van der Waals surface area contributed by atoms with Crippen molar-refractivity contribution in [1.29, 1.82) is 0 Å². The van der Waals surface area contributed by atoms with Gasteiger partial charge in [0.25, 0.3) is 0 Å². The summed E-state index contributed by atoms with van der Waals surface area (Å²) in [5.41, 5.74) is 0.556. The predicted molar refractivity (Wildman–Crippen MR) is 111 cm³/mol. The van der Waals surface area contributed by atoms with Crippen LogP contribution in [0.2, 0.25) is 0 Å². The first kappa shape index (κ1) is 23.4. The van der Waals surface area contributed by atoms with E-state index in [2.05, 4.69) is 4.98 Å². The van der Waals surface area contributed by atoms with Crippen molar-refractivity contribution in [2.75, 3.05) is 0 Å². The van der Waals surface area contributed by atoms with Crippen molar-refractivity contribution < 1.29 is 36.6 Å². The van der Waals surface area contributed by atoms with Gasteiger partial charge >= 0.3 is 6.18 Å². The first-order valence-corrected chi connectivity index (χ1v) is 10.3. The number of rotatable bonds is 6. The number of carbonyl (C=O) groups is 1. The molecule has 34 heavy (non-hydrogen) atoms. The quantitative estimate of drug-likeness (QED) is 0.448. The van der Waals surface area contributed by atoms with Gasteiger partial charge in [0.05, 0.1) is 11.5 Å². The lowest BCUT2D eigenvalue weighted by Gasteiger charge is -2.16. The minimum atomic E-state index is -4.64. The van der Waals surface area contributed by atoms with Gasteiger partial charge in [0.15, 0.2) is 0 Å². The Morgan fingerprint density at radius 1 is 1.00 bits per heavy atom. The zero-order valence-corrected chi connectivity index (χ0v) is 17.6. The van der Waals surface area contributed by atoms with Crippen LogP contribution in [0.1, 0.15) is 51.9 Å². The molecule has 0 fully saturated rings. The van der Waals surface area contributed by atoms with E-state index in [0.717, 1.165) is 18.2 Å². The molecule has 2 aromatic carbocycles. The molecule has 0 amide bonds. The summed E-state index contributed by atoms with van der Waals surface area (Å²) in [6.07, 6.45) is -2.54. The van der Waals surface area contributed by atoms with Crippen LogP contribution in [0.4, 0.5) is 22.0 Å². The van der Waals surface area contributed by atoms with Crippen LogP contribution >= 0.6 is 0 Å². The molecule has 0 aliphatic heterocycles. The molecular formula is C25H17F5NO3-. The maximum atomic E-state index is 13.8. The smallest absolute Gasteiger partial charge is 0.417 e. The van der Waals surface area contributed by atoms with Crippen LogP contribution in [0.15, 0.2) is 54.7 Å². The summed E-state index contributed by atoms with van der Waals surface area (Å²) in [7, 11) is 0. The fourth-order valence-corrected chi connectivity index (χ4v) is 3.90. The lowest BCUT2D eigenvalue weighted by atomic mass is 9.95. The number of ether oxygens (including phenoxy) is 1. The Morgan fingerprint density at radius 3 is 2.38 bits per heavy atom. The third-order valence-electron chi connectivity index (χ3n) is 5.54. The van der Waals surface area contributed by atoms with Gasteiger partial charge in [-0.2, -0.15) is 13.2 Å². The van der Waals surface area contributed by atoms with Crippen LogP contribution in [0.5, 0.6) is 5.88 Å². The number of aromatic nitrogens is 1. The van der Waals surface area contributed by atoms with E-state index in [0.29, 0.717) is 47.7 Å². The highest BCUT2D eigenvalue weighted by Gasteiger charge is 2.33. The topological polar surface area (TPSA) is 62.2 Å². The van der Waals surface area contributed by atoms with E-state index in [4.69, 9.17) is 4.74 Å². The number of hydrogen-bond acceptors (Lipinski definition) is 4. The number of carbonyl (C=O) groups excluding carboxylic acids is 1. The molecule has 176 valence electrons. The minimum absolute atomic E-state index is 0.0473.